The van der Waals surface area contributed by atoms with Crippen LogP contribution < -0.4 is 0 Å². The van der Waals surface area contributed by atoms with Gasteiger partial charge in [-0.05, 0) is 35.7 Å². The number of benzene rings is 2. The van der Waals surface area contributed by atoms with Crippen LogP contribution in [-0.4, -0.2) is 4.75 Å². The Balaban J connectivity index is 2.06. The predicted octanol–water partition coefficient (Wildman–Crippen LogP) is 5.51. The summed E-state index contributed by atoms with van der Waals surface area (Å²) in [7, 11) is 0. The van der Waals surface area contributed by atoms with E-state index in [0.717, 1.165) is 0 Å². The second-order valence-electron chi connectivity index (χ2n) is 5.33. The lowest BCUT2D eigenvalue weighted by atomic mass is 9.87. The fourth-order valence-electron chi connectivity index (χ4n) is 2.64. The Kier molecular flexibility index (Phi) is 3.02. The maximum atomic E-state index is 4.01. The first-order valence-corrected chi connectivity index (χ1v) is 7.48. The Bertz CT molecular complexity index is 615. The quantitative estimate of drug-likeness (QED) is 0.646. The topological polar surface area (TPSA) is 0 Å². The second kappa shape index (κ2) is 4.57. The largest absolute Gasteiger partial charge is 0.115 e. The molecule has 0 nitrogen and oxygen atoms in total. The van der Waals surface area contributed by atoms with Crippen LogP contribution in [0.5, 0.6) is 0 Å². The van der Waals surface area contributed by atoms with Crippen molar-refractivity contribution in [3.63, 3.8) is 0 Å². The first-order chi connectivity index (χ1) is 9.14. The molecule has 2 atom stereocenters. The van der Waals surface area contributed by atoms with Gasteiger partial charge in [-0.2, -0.15) is 0 Å². The van der Waals surface area contributed by atoms with Crippen molar-refractivity contribution < 1.29 is 0 Å². The van der Waals surface area contributed by atoms with Crippen molar-refractivity contribution in [2.24, 2.45) is 0 Å². The van der Waals surface area contributed by atoms with E-state index in [1.807, 2.05) is 11.8 Å². The third kappa shape index (κ3) is 2.02. The number of rotatable bonds is 2. The predicted molar refractivity (Wildman–Crippen MR) is 84.8 cm³/mol. The van der Waals surface area contributed by atoms with Gasteiger partial charge in [0.1, 0.15) is 0 Å². The van der Waals surface area contributed by atoms with Gasteiger partial charge < -0.3 is 0 Å². The van der Waals surface area contributed by atoms with Crippen LogP contribution in [0.15, 0.2) is 66.1 Å². The summed E-state index contributed by atoms with van der Waals surface area (Å²) in [4.78, 5) is 1.40. The molecule has 0 aliphatic carbocycles. The van der Waals surface area contributed by atoms with Gasteiger partial charge in [0.05, 0.1) is 0 Å². The van der Waals surface area contributed by atoms with Gasteiger partial charge in [-0.25, -0.2) is 0 Å². The van der Waals surface area contributed by atoms with Crippen LogP contribution in [0, 0.1) is 0 Å². The minimum absolute atomic E-state index is 0.123. The third-order valence-electron chi connectivity index (χ3n) is 4.18. The molecule has 0 fully saturated rings. The van der Waals surface area contributed by atoms with E-state index in [2.05, 4.69) is 75.0 Å². The SMILES string of the molecule is C=CC1(C)Sc2ccc(-c3ccccc3)cc2C1C. The van der Waals surface area contributed by atoms with Crippen LogP contribution in [0.2, 0.25) is 0 Å². The molecule has 1 heteroatoms. The van der Waals surface area contributed by atoms with Crippen molar-refractivity contribution in [3.8, 4) is 11.1 Å². The molecule has 0 radical (unpaired) electrons. The van der Waals surface area contributed by atoms with Crippen LogP contribution in [0.3, 0.4) is 0 Å². The summed E-state index contributed by atoms with van der Waals surface area (Å²) >= 11 is 1.93. The zero-order chi connectivity index (χ0) is 13.5. The zero-order valence-corrected chi connectivity index (χ0v) is 12.2. The molecule has 0 N–H and O–H groups in total. The van der Waals surface area contributed by atoms with E-state index < -0.39 is 0 Å². The standard InChI is InChI=1S/C18H18S/c1-4-18(3)13(2)16-12-15(10-11-17(16)19-18)14-8-6-5-7-9-14/h4-13H,1H2,2-3H3. The van der Waals surface area contributed by atoms with Crippen molar-refractivity contribution in [2.75, 3.05) is 0 Å². The maximum absolute atomic E-state index is 4.01. The highest BCUT2D eigenvalue weighted by Gasteiger charge is 2.38. The number of hydrogen-bond donors (Lipinski definition) is 0. The average Bonchev–Trinajstić information content (AvgIpc) is 2.72. The average molecular weight is 266 g/mol. The summed E-state index contributed by atoms with van der Waals surface area (Å²) in [6, 6.07) is 17.4. The summed E-state index contributed by atoms with van der Waals surface area (Å²) in [6.45, 7) is 8.58. The molecule has 0 saturated carbocycles. The lowest BCUT2D eigenvalue weighted by Crippen LogP contribution is -2.19. The van der Waals surface area contributed by atoms with Crippen molar-refractivity contribution in [3.05, 3.63) is 66.7 Å². The van der Waals surface area contributed by atoms with E-state index in [1.165, 1.54) is 21.6 Å². The minimum atomic E-state index is 0.123. The Morgan fingerprint density at radius 2 is 1.84 bits per heavy atom. The fourth-order valence-corrected chi connectivity index (χ4v) is 3.99. The molecule has 2 unspecified atom stereocenters. The van der Waals surface area contributed by atoms with Crippen LogP contribution >= 0.6 is 11.8 Å². The Hall–Kier alpha value is -1.47. The summed E-state index contributed by atoms with van der Waals surface area (Å²) in [5.74, 6) is 0.508. The molecule has 0 aromatic heterocycles. The van der Waals surface area contributed by atoms with Crippen LogP contribution in [0.4, 0.5) is 0 Å². The first kappa shape index (κ1) is 12.6. The van der Waals surface area contributed by atoms with Crippen LogP contribution in [-0.2, 0) is 0 Å². The van der Waals surface area contributed by atoms with E-state index in [-0.39, 0.29) is 4.75 Å². The smallest absolute Gasteiger partial charge is 0.0421 e. The van der Waals surface area contributed by atoms with Crippen molar-refractivity contribution in [2.45, 2.75) is 29.4 Å². The van der Waals surface area contributed by atoms with E-state index >= 15 is 0 Å². The molecule has 0 spiro atoms. The third-order valence-corrected chi connectivity index (χ3v) is 5.73. The molecule has 1 aliphatic heterocycles. The molecule has 2 aromatic carbocycles. The lowest BCUT2D eigenvalue weighted by molar-refractivity contribution is 0.653. The molecule has 96 valence electrons. The van der Waals surface area contributed by atoms with Gasteiger partial charge in [-0.1, -0.05) is 49.4 Å². The van der Waals surface area contributed by atoms with Crippen LogP contribution in [0.25, 0.3) is 11.1 Å². The number of thioether (sulfide) groups is 1. The maximum Gasteiger partial charge on any atom is 0.0421 e. The first-order valence-electron chi connectivity index (χ1n) is 6.66. The summed E-state index contributed by atoms with van der Waals surface area (Å²) in [6.07, 6.45) is 2.09. The number of fused-ring (bicyclic) bond motifs is 1. The van der Waals surface area contributed by atoms with Gasteiger partial charge in [0, 0.05) is 15.6 Å². The van der Waals surface area contributed by atoms with Gasteiger partial charge in [0.2, 0.25) is 0 Å². The Labute approximate surface area is 119 Å². The molecular formula is C18H18S. The Morgan fingerprint density at radius 1 is 1.11 bits per heavy atom. The highest BCUT2D eigenvalue weighted by atomic mass is 32.2. The van der Waals surface area contributed by atoms with Crippen molar-refractivity contribution >= 4 is 11.8 Å². The minimum Gasteiger partial charge on any atom is -0.115 e. The van der Waals surface area contributed by atoms with Crippen molar-refractivity contribution in [1.29, 1.82) is 0 Å². The van der Waals surface area contributed by atoms with Gasteiger partial charge in [-0.3, -0.25) is 0 Å². The zero-order valence-electron chi connectivity index (χ0n) is 11.4. The van der Waals surface area contributed by atoms with Gasteiger partial charge in [-0.15, -0.1) is 18.3 Å². The Morgan fingerprint density at radius 3 is 2.53 bits per heavy atom. The summed E-state index contributed by atoms with van der Waals surface area (Å²) in [5, 5.41) is 0. The monoisotopic (exact) mass is 266 g/mol. The molecular weight excluding hydrogens is 248 g/mol. The lowest BCUT2D eigenvalue weighted by Gasteiger charge is -2.23. The van der Waals surface area contributed by atoms with Gasteiger partial charge in [0.25, 0.3) is 0 Å². The molecule has 0 amide bonds. The normalized spacial score (nSPS) is 25.1. The van der Waals surface area contributed by atoms with E-state index in [4.69, 9.17) is 0 Å². The summed E-state index contributed by atoms with van der Waals surface area (Å²) < 4.78 is 0.123. The molecule has 3 rings (SSSR count). The van der Waals surface area contributed by atoms with E-state index in [9.17, 15) is 0 Å². The number of hydrogen-bond acceptors (Lipinski definition) is 1. The molecule has 0 bridgehead atoms. The van der Waals surface area contributed by atoms with Crippen molar-refractivity contribution in [1.82, 2.24) is 0 Å². The highest BCUT2D eigenvalue weighted by molar-refractivity contribution is 8.01. The van der Waals surface area contributed by atoms with Gasteiger partial charge in [0.15, 0.2) is 0 Å². The van der Waals surface area contributed by atoms with Gasteiger partial charge >= 0.3 is 0 Å². The molecule has 2 aromatic rings. The molecule has 1 heterocycles. The second-order valence-corrected chi connectivity index (χ2v) is 6.85. The molecule has 1 aliphatic rings. The van der Waals surface area contributed by atoms with E-state index in [0.29, 0.717) is 5.92 Å². The molecule has 19 heavy (non-hydrogen) atoms. The molecule has 0 saturated heterocycles. The van der Waals surface area contributed by atoms with Crippen LogP contribution in [0.1, 0.15) is 25.3 Å². The fraction of sp³-hybridized carbons (Fsp3) is 0.222. The van der Waals surface area contributed by atoms with E-state index in [1.54, 1.807) is 0 Å². The highest BCUT2D eigenvalue weighted by Crippen LogP contribution is 2.54. The summed E-state index contributed by atoms with van der Waals surface area (Å²) in [5.41, 5.74) is 4.04.